The molecule has 0 radical (unpaired) electrons. The van der Waals surface area contributed by atoms with Gasteiger partial charge in [0, 0.05) is 25.6 Å². The summed E-state index contributed by atoms with van der Waals surface area (Å²) in [7, 11) is 0. The van der Waals surface area contributed by atoms with Gasteiger partial charge in [0.1, 0.15) is 5.82 Å². The zero-order valence-corrected chi connectivity index (χ0v) is 19.6. The molecule has 4 heteroatoms. The Labute approximate surface area is 185 Å². The average molecular weight is 418 g/mol. The molecule has 0 N–H and O–H groups in total. The van der Waals surface area contributed by atoms with Crippen LogP contribution < -0.4 is 5.56 Å². The molecule has 1 fully saturated rings. The summed E-state index contributed by atoms with van der Waals surface area (Å²) in [5, 5.41) is 0.750. The Hall–Kier alpha value is -2.46. The third-order valence-corrected chi connectivity index (χ3v) is 6.92. The van der Waals surface area contributed by atoms with Gasteiger partial charge in [0.15, 0.2) is 0 Å². The van der Waals surface area contributed by atoms with Crippen LogP contribution in [0.15, 0.2) is 41.2 Å². The van der Waals surface area contributed by atoms with E-state index in [2.05, 4.69) is 63.8 Å². The Morgan fingerprint density at radius 2 is 1.94 bits per heavy atom. The van der Waals surface area contributed by atoms with Crippen molar-refractivity contribution in [3.05, 3.63) is 63.7 Å². The van der Waals surface area contributed by atoms with E-state index in [9.17, 15) is 4.79 Å². The highest BCUT2D eigenvalue weighted by molar-refractivity contribution is 5.94. The van der Waals surface area contributed by atoms with E-state index in [0.717, 1.165) is 53.9 Å². The Kier molecular flexibility index (Phi) is 6.29. The minimum atomic E-state index is 0.109. The van der Waals surface area contributed by atoms with E-state index >= 15 is 0 Å². The van der Waals surface area contributed by atoms with Crippen molar-refractivity contribution in [3.8, 4) is 11.1 Å². The standard InChI is InChI=1S/C27H35N3O/c1-6-25-28-24-11-7-10-23(22-13-12-19(4)20(5)15-22)26(24)27(31)30(25)17-21-9-8-14-29(16-21)18(2)3/h7,10-13,15,18,21H,6,8-9,14,16-17H2,1-5H3/t21-/m0/s1. The van der Waals surface area contributed by atoms with E-state index in [1.54, 1.807) is 0 Å². The molecular weight excluding hydrogens is 382 g/mol. The van der Waals surface area contributed by atoms with E-state index in [-0.39, 0.29) is 5.56 Å². The second-order valence-corrected chi connectivity index (χ2v) is 9.39. The molecule has 4 nitrogen and oxygen atoms in total. The molecule has 1 aromatic heterocycles. The van der Waals surface area contributed by atoms with Crippen molar-refractivity contribution in [3.63, 3.8) is 0 Å². The van der Waals surface area contributed by atoms with Gasteiger partial charge in [0.05, 0.1) is 10.9 Å². The van der Waals surface area contributed by atoms with E-state index in [0.29, 0.717) is 12.0 Å². The molecule has 3 aromatic rings. The largest absolute Gasteiger partial charge is 0.301 e. The highest BCUT2D eigenvalue weighted by Crippen LogP contribution is 2.28. The van der Waals surface area contributed by atoms with Crippen LogP contribution in [0.1, 0.15) is 50.6 Å². The fourth-order valence-corrected chi connectivity index (χ4v) is 4.89. The molecule has 0 amide bonds. The van der Waals surface area contributed by atoms with Crippen LogP contribution in [0.5, 0.6) is 0 Å². The molecule has 1 aliphatic heterocycles. The van der Waals surface area contributed by atoms with E-state index < -0.39 is 0 Å². The lowest BCUT2D eigenvalue weighted by Gasteiger charge is -2.35. The minimum absolute atomic E-state index is 0.109. The first-order chi connectivity index (χ1) is 14.9. The van der Waals surface area contributed by atoms with Gasteiger partial charge in [-0.2, -0.15) is 0 Å². The van der Waals surface area contributed by atoms with Gasteiger partial charge in [-0.1, -0.05) is 37.3 Å². The molecule has 0 unspecified atom stereocenters. The van der Waals surface area contributed by atoms with Gasteiger partial charge >= 0.3 is 0 Å². The molecule has 0 bridgehead atoms. The molecule has 2 aromatic carbocycles. The Balaban J connectivity index is 1.81. The smallest absolute Gasteiger partial charge is 0.262 e. The molecule has 1 atom stereocenters. The predicted octanol–water partition coefficient (Wildman–Crippen LogP) is 5.36. The van der Waals surface area contributed by atoms with Crippen molar-refractivity contribution < 1.29 is 0 Å². The highest BCUT2D eigenvalue weighted by atomic mass is 16.1. The molecule has 0 saturated carbocycles. The van der Waals surface area contributed by atoms with E-state index in [1.165, 1.54) is 24.0 Å². The molecule has 164 valence electrons. The highest BCUT2D eigenvalue weighted by Gasteiger charge is 2.24. The maximum Gasteiger partial charge on any atom is 0.262 e. The van der Waals surface area contributed by atoms with Crippen LogP contribution in [0.2, 0.25) is 0 Å². The fourth-order valence-electron chi connectivity index (χ4n) is 4.89. The molecular formula is C27H35N3O. The lowest BCUT2D eigenvalue weighted by atomic mass is 9.96. The molecule has 0 aliphatic carbocycles. The lowest BCUT2D eigenvalue weighted by molar-refractivity contribution is 0.129. The first-order valence-electron chi connectivity index (χ1n) is 11.7. The number of hydrogen-bond acceptors (Lipinski definition) is 3. The molecule has 4 rings (SSSR count). The third-order valence-electron chi connectivity index (χ3n) is 6.92. The van der Waals surface area contributed by atoms with Crippen LogP contribution in [0.25, 0.3) is 22.0 Å². The number of likely N-dealkylation sites (tertiary alicyclic amines) is 1. The summed E-state index contributed by atoms with van der Waals surface area (Å²) in [5.41, 5.74) is 5.50. The van der Waals surface area contributed by atoms with Crippen molar-refractivity contribution in [1.29, 1.82) is 0 Å². The normalized spacial score (nSPS) is 17.5. The van der Waals surface area contributed by atoms with E-state index in [1.807, 2.05) is 16.7 Å². The van der Waals surface area contributed by atoms with Crippen LogP contribution in [-0.2, 0) is 13.0 Å². The molecule has 1 aliphatic rings. The van der Waals surface area contributed by atoms with E-state index in [4.69, 9.17) is 4.98 Å². The van der Waals surface area contributed by atoms with Gasteiger partial charge in [-0.25, -0.2) is 4.98 Å². The van der Waals surface area contributed by atoms with Gasteiger partial charge in [-0.05, 0) is 81.3 Å². The number of piperidine rings is 1. The minimum Gasteiger partial charge on any atom is -0.301 e. The maximum atomic E-state index is 13.9. The van der Waals surface area contributed by atoms with Gasteiger partial charge in [-0.3, -0.25) is 9.36 Å². The first kappa shape index (κ1) is 21.8. The van der Waals surface area contributed by atoms with Gasteiger partial charge < -0.3 is 4.90 Å². The third kappa shape index (κ3) is 4.31. The number of aryl methyl sites for hydroxylation is 3. The number of aromatic nitrogens is 2. The summed E-state index contributed by atoms with van der Waals surface area (Å²) >= 11 is 0. The van der Waals surface area contributed by atoms with Gasteiger partial charge in [0.25, 0.3) is 5.56 Å². The van der Waals surface area contributed by atoms with Gasteiger partial charge in [-0.15, -0.1) is 0 Å². The van der Waals surface area contributed by atoms with Crippen LogP contribution in [0.4, 0.5) is 0 Å². The second-order valence-electron chi connectivity index (χ2n) is 9.39. The zero-order valence-electron chi connectivity index (χ0n) is 19.6. The van der Waals surface area contributed by atoms with Crippen LogP contribution in [-0.4, -0.2) is 33.6 Å². The van der Waals surface area contributed by atoms with Gasteiger partial charge in [0.2, 0.25) is 0 Å². The van der Waals surface area contributed by atoms with Crippen molar-refractivity contribution in [1.82, 2.24) is 14.5 Å². The van der Waals surface area contributed by atoms with Crippen molar-refractivity contribution in [2.45, 2.75) is 66.5 Å². The Morgan fingerprint density at radius 1 is 1.13 bits per heavy atom. The first-order valence-corrected chi connectivity index (χ1v) is 11.7. The number of rotatable bonds is 5. The van der Waals surface area contributed by atoms with Crippen LogP contribution in [0.3, 0.4) is 0 Å². The van der Waals surface area contributed by atoms with Crippen molar-refractivity contribution >= 4 is 10.9 Å². The lowest BCUT2D eigenvalue weighted by Crippen LogP contribution is -2.42. The fraction of sp³-hybridized carbons (Fsp3) is 0.481. The van der Waals surface area contributed by atoms with Crippen LogP contribution >= 0.6 is 0 Å². The number of benzene rings is 2. The maximum absolute atomic E-state index is 13.9. The summed E-state index contributed by atoms with van der Waals surface area (Å²) in [5.74, 6) is 1.39. The molecule has 2 heterocycles. The summed E-state index contributed by atoms with van der Waals surface area (Å²) < 4.78 is 1.97. The number of fused-ring (bicyclic) bond motifs is 1. The Bertz CT molecular complexity index is 1150. The SMILES string of the molecule is CCc1nc2cccc(-c3ccc(C)c(C)c3)c2c(=O)n1C[C@H]1CCCN(C(C)C)C1. The Morgan fingerprint density at radius 3 is 2.65 bits per heavy atom. The summed E-state index contributed by atoms with van der Waals surface area (Å²) in [6.45, 7) is 13.8. The van der Waals surface area contributed by atoms with Crippen LogP contribution in [0, 0.1) is 19.8 Å². The van der Waals surface area contributed by atoms with Crippen molar-refractivity contribution in [2.24, 2.45) is 5.92 Å². The predicted molar refractivity (Wildman–Crippen MR) is 130 cm³/mol. The molecule has 31 heavy (non-hydrogen) atoms. The summed E-state index contributed by atoms with van der Waals surface area (Å²) in [6.07, 6.45) is 3.14. The summed E-state index contributed by atoms with van der Waals surface area (Å²) in [6, 6.07) is 13.1. The van der Waals surface area contributed by atoms with Crippen molar-refractivity contribution in [2.75, 3.05) is 13.1 Å². The zero-order chi connectivity index (χ0) is 22.1. The monoisotopic (exact) mass is 417 g/mol. The second kappa shape index (κ2) is 8.96. The summed E-state index contributed by atoms with van der Waals surface area (Å²) in [4.78, 5) is 21.3. The number of nitrogens with zero attached hydrogens (tertiary/aromatic N) is 3. The quantitative estimate of drug-likeness (QED) is 0.561. The molecule has 1 saturated heterocycles. The number of hydrogen-bond donors (Lipinski definition) is 0. The average Bonchev–Trinajstić information content (AvgIpc) is 2.77. The topological polar surface area (TPSA) is 38.1 Å². The molecule has 0 spiro atoms.